The maximum Gasteiger partial charge on any atom is 0.250 e. The van der Waals surface area contributed by atoms with Crippen LogP contribution in [0.25, 0.3) is 23.3 Å². The molecule has 190 valence electrons. The summed E-state index contributed by atoms with van der Waals surface area (Å²) in [6.45, 7) is 8.70. The van der Waals surface area contributed by atoms with E-state index in [1.807, 2.05) is 66.7 Å². The first-order valence-electron chi connectivity index (χ1n) is 12.8. The second-order valence-corrected chi connectivity index (χ2v) is 9.27. The Bertz CT molecular complexity index is 1170. The monoisotopic (exact) mass is 486 g/mol. The third-order valence-electron chi connectivity index (χ3n) is 6.18. The minimum atomic E-state index is 0.0303. The topological polar surface area (TPSA) is 79.0 Å². The fourth-order valence-corrected chi connectivity index (χ4v) is 4.41. The van der Waals surface area contributed by atoms with E-state index in [-0.39, 0.29) is 5.91 Å². The average molecular weight is 487 g/mol. The summed E-state index contributed by atoms with van der Waals surface area (Å²) in [6.07, 6.45) is 10.0. The number of aldehydes is 1. The molecule has 0 fully saturated rings. The highest BCUT2D eigenvalue weighted by atomic mass is 16.2. The van der Waals surface area contributed by atoms with E-state index in [4.69, 9.17) is 5.73 Å². The predicted octanol–water partition coefficient (Wildman–Crippen LogP) is 5.90. The standard InChI is InChI=1S/C30H38N4O2/c1-5-13-33(4)16-12-24-17-22(9-11-26(24)21-35)23-8-10-25-18-27(20-29(31)32-28(25)19-23)30(36)34(14-6-2)15-7-3/h8-12,16-19,21H,5-7,13-15,20H2,1-4H3,(H2,31,32)/b16-12-. The van der Waals surface area contributed by atoms with Gasteiger partial charge in [-0.2, -0.15) is 0 Å². The molecule has 6 heteroatoms. The highest BCUT2D eigenvalue weighted by Crippen LogP contribution is 2.33. The summed E-state index contributed by atoms with van der Waals surface area (Å²) in [5.74, 6) is 0.458. The molecule has 3 rings (SSSR count). The highest BCUT2D eigenvalue weighted by Gasteiger charge is 2.21. The number of aliphatic imine (C=N–C) groups is 1. The lowest BCUT2D eigenvalue weighted by Gasteiger charge is -2.22. The first kappa shape index (κ1) is 26.9. The van der Waals surface area contributed by atoms with Crippen LogP contribution in [0.3, 0.4) is 0 Å². The van der Waals surface area contributed by atoms with Gasteiger partial charge >= 0.3 is 0 Å². The highest BCUT2D eigenvalue weighted by molar-refractivity contribution is 6.05. The fraction of sp³-hybridized carbons (Fsp3) is 0.367. The lowest BCUT2D eigenvalue weighted by molar-refractivity contribution is -0.127. The molecule has 0 atom stereocenters. The summed E-state index contributed by atoms with van der Waals surface area (Å²) >= 11 is 0. The van der Waals surface area contributed by atoms with Crippen molar-refractivity contribution in [3.05, 3.63) is 64.9 Å². The molecule has 2 aromatic carbocycles. The maximum absolute atomic E-state index is 13.2. The molecule has 0 aliphatic carbocycles. The maximum atomic E-state index is 13.2. The first-order valence-corrected chi connectivity index (χ1v) is 12.8. The van der Waals surface area contributed by atoms with E-state index in [9.17, 15) is 9.59 Å². The van der Waals surface area contributed by atoms with Crippen LogP contribution < -0.4 is 5.73 Å². The molecule has 1 aliphatic rings. The van der Waals surface area contributed by atoms with E-state index in [1.54, 1.807) is 0 Å². The minimum Gasteiger partial charge on any atom is -0.387 e. The van der Waals surface area contributed by atoms with E-state index in [1.165, 1.54) is 0 Å². The third kappa shape index (κ3) is 6.72. The van der Waals surface area contributed by atoms with Gasteiger partial charge < -0.3 is 15.5 Å². The van der Waals surface area contributed by atoms with Gasteiger partial charge in [0.05, 0.1) is 5.69 Å². The van der Waals surface area contributed by atoms with Gasteiger partial charge in [-0.1, -0.05) is 45.0 Å². The number of nitrogens with zero attached hydrogens (tertiary/aromatic N) is 3. The predicted molar refractivity (Wildman–Crippen MR) is 150 cm³/mol. The Balaban J connectivity index is 1.96. The normalized spacial score (nSPS) is 13.0. The van der Waals surface area contributed by atoms with Crippen LogP contribution in [0.1, 0.15) is 67.9 Å². The zero-order valence-electron chi connectivity index (χ0n) is 22.0. The summed E-state index contributed by atoms with van der Waals surface area (Å²) in [5.41, 5.74) is 12.0. The zero-order valence-corrected chi connectivity index (χ0v) is 22.0. The van der Waals surface area contributed by atoms with Gasteiger partial charge in [0.25, 0.3) is 0 Å². The van der Waals surface area contributed by atoms with E-state index in [0.717, 1.165) is 73.1 Å². The Labute approximate surface area is 215 Å². The number of amides is 1. The van der Waals surface area contributed by atoms with Crippen molar-refractivity contribution < 1.29 is 9.59 Å². The molecular formula is C30H38N4O2. The van der Waals surface area contributed by atoms with Crippen LogP contribution in [0.4, 0.5) is 5.69 Å². The van der Waals surface area contributed by atoms with Crippen LogP contribution in [-0.2, 0) is 4.79 Å². The molecule has 0 saturated heterocycles. The van der Waals surface area contributed by atoms with Gasteiger partial charge in [-0.25, -0.2) is 4.99 Å². The lowest BCUT2D eigenvalue weighted by Crippen LogP contribution is -2.34. The summed E-state index contributed by atoms with van der Waals surface area (Å²) < 4.78 is 0. The van der Waals surface area contributed by atoms with Gasteiger partial charge in [0.1, 0.15) is 5.84 Å². The Kier molecular flexibility index (Phi) is 9.62. The molecule has 0 saturated carbocycles. The molecule has 1 heterocycles. The number of carbonyl (C=O) groups excluding carboxylic acids is 2. The van der Waals surface area contributed by atoms with Crippen molar-refractivity contribution >= 4 is 35.9 Å². The van der Waals surface area contributed by atoms with Crippen molar-refractivity contribution in [2.24, 2.45) is 10.7 Å². The Morgan fingerprint density at radius 1 is 0.972 bits per heavy atom. The summed E-state index contributed by atoms with van der Waals surface area (Å²) in [6, 6.07) is 11.8. The Hall–Kier alpha value is -3.67. The van der Waals surface area contributed by atoms with E-state index in [2.05, 4.69) is 30.7 Å². The van der Waals surface area contributed by atoms with Gasteiger partial charge in [0, 0.05) is 49.8 Å². The van der Waals surface area contributed by atoms with Crippen LogP contribution >= 0.6 is 0 Å². The second-order valence-electron chi connectivity index (χ2n) is 9.27. The number of benzene rings is 2. The van der Waals surface area contributed by atoms with Crippen molar-refractivity contribution in [2.45, 2.75) is 46.5 Å². The average Bonchev–Trinajstić information content (AvgIpc) is 3.04. The van der Waals surface area contributed by atoms with Crippen LogP contribution in [0.2, 0.25) is 0 Å². The number of carbonyl (C=O) groups is 2. The number of hydrogen-bond acceptors (Lipinski definition) is 5. The van der Waals surface area contributed by atoms with E-state index >= 15 is 0 Å². The Morgan fingerprint density at radius 3 is 2.31 bits per heavy atom. The van der Waals surface area contributed by atoms with Crippen LogP contribution in [-0.4, -0.2) is 54.5 Å². The second kappa shape index (κ2) is 12.9. The minimum absolute atomic E-state index is 0.0303. The molecule has 0 unspecified atom stereocenters. The van der Waals surface area contributed by atoms with Crippen molar-refractivity contribution in [2.75, 3.05) is 26.7 Å². The molecule has 6 nitrogen and oxygen atoms in total. The quantitative estimate of drug-likeness (QED) is 0.401. The number of rotatable bonds is 11. The number of nitrogens with two attached hydrogens (primary N) is 1. The van der Waals surface area contributed by atoms with Gasteiger partial charge in [0.2, 0.25) is 5.91 Å². The molecule has 1 amide bonds. The summed E-state index contributed by atoms with van der Waals surface area (Å²) in [5, 5.41) is 0. The van der Waals surface area contributed by atoms with Crippen LogP contribution in [0, 0.1) is 0 Å². The molecule has 2 aromatic rings. The number of fused-ring (bicyclic) bond motifs is 1. The molecule has 0 radical (unpaired) electrons. The van der Waals surface area contributed by atoms with Crippen LogP contribution in [0.15, 0.2) is 53.2 Å². The fourth-order valence-electron chi connectivity index (χ4n) is 4.41. The number of amidine groups is 1. The van der Waals surface area contributed by atoms with Crippen LogP contribution in [0.5, 0.6) is 0 Å². The van der Waals surface area contributed by atoms with Gasteiger partial charge in [-0.15, -0.1) is 0 Å². The largest absolute Gasteiger partial charge is 0.387 e. The first-order chi connectivity index (χ1) is 17.4. The van der Waals surface area contributed by atoms with Gasteiger partial charge in [0.15, 0.2) is 6.29 Å². The number of hydrogen-bond donors (Lipinski definition) is 1. The third-order valence-corrected chi connectivity index (χ3v) is 6.18. The smallest absolute Gasteiger partial charge is 0.250 e. The molecule has 36 heavy (non-hydrogen) atoms. The van der Waals surface area contributed by atoms with Gasteiger partial charge in [-0.3, -0.25) is 9.59 Å². The van der Waals surface area contributed by atoms with Crippen molar-refractivity contribution in [1.82, 2.24) is 9.80 Å². The molecule has 0 bridgehead atoms. The van der Waals surface area contributed by atoms with E-state index < -0.39 is 0 Å². The Morgan fingerprint density at radius 2 is 1.64 bits per heavy atom. The SMILES string of the molecule is CCCN(C)/C=C\c1cc(-c2ccc3c(c2)N=C(N)CC(C(=O)N(CCC)CCC)=C3)ccc1C=O. The lowest BCUT2D eigenvalue weighted by atomic mass is 9.97. The zero-order chi connectivity index (χ0) is 26.1. The van der Waals surface area contributed by atoms with Crippen molar-refractivity contribution in [3.63, 3.8) is 0 Å². The molecule has 0 aromatic heterocycles. The summed E-state index contributed by atoms with van der Waals surface area (Å²) in [7, 11) is 2.02. The molecule has 0 spiro atoms. The summed E-state index contributed by atoms with van der Waals surface area (Å²) in [4.78, 5) is 33.5. The van der Waals surface area contributed by atoms with Gasteiger partial charge in [-0.05, 0) is 66.4 Å². The van der Waals surface area contributed by atoms with E-state index in [0.29, 0.717) is 23.4 Å². The van der Waals surface area contributed by atoms with Crippen molar-refractivity contribution in [1.29, 1.82) is 0 Å². The molecular weight excluding hydrogens is 448 g/mol. The molecule has 2 N–H and O–H groups in total. The molecule has 1 aliphatic heterocycles. The van der Waals surface area contributed by atoms with Crippen molar-refractivity contribution in [3.8, 4) is 11.1 Å².